The molecule has 0 saturated carbocycles. The van der Waals surface area contributed by atoms with E-state index in [1.807, 2.05) is 6.07 Å². The van der Waals surface area contributed by atoms with Gasteiger partial charge in [0.25, 0.3) is 0 Å². The number of para-hydroxylation sites is 1. The standard InChI is InChI=1S/C12H9F3INS/c13-12(14,15)11-7-10(18-6-5-16)8-3-1-2-4-9(8)17-11/h1-4,7H,5-6H2. The number of thioether (sulfide) groups is 1. The summed E-state index contributed by atoms with van der Waals surface area (Å²) < 4.78 is 39.1. The Kier molecular flexibility index (Phi) is 4.37. The fourth-order valence-corrected chi connectivity index (χ4v) is 3.04. The second-order valence-electron chi connectivity index (χ2n) is 3.56. The van der Waals surface area contributed by atoms with Crippen LogP contribution in [0, 0.1) is 0 Å². The van der Waals surface area contributed by atoms with E-state index in [-0.39, 0.29) is 0 Å². The fourth-order valence-electron chi connectivity index (χ4n) is 1.56. The Morgan fingerprint density at radius 3 is 2.61 bits per heavy atom. The summed E-state index contributed by atoms with van der Waals surface area (Å²) in [5.41, 5.74) is -0.430. The van der Waals surface area contributed by atoms with Crippen LogP contribution in [-0.2, 0) is 6.18 Å². The lowest BCUT2D eigenvalue weighted by atomic mass is 10.2. The Hall–Kier alpha value is -0.500. The van der Waals surface area contributed by atoms with Gasteiger partial charge in [0.2, 0.25) is 0 Å². The largest absolute Gasteiger partial charge is 0.433 e. The molecule has 0 fully saturated rings. The summed E-state index contributed by atoms with van der Waals surface area (Å²) in [6, 6.07) is 8.06. The van der Waals surface area contributed by atoms with E-state index in [0.717, 1.165) is 21.6 Å². The topological polar surface area (TPSA) is 12.9 Å². The van der Waals surface area contributed by atoms with Crippen LogP contribution in [0.4, 0.5) is 13.2 Å². The third-order valence-electron chi connectivity index (χ3n) is 2.30. The number of hydrogen-bond donors (Lipinski definition) is 0. The van der Waals surface area contributed by atoms with Crippen molar-refractivity contribution in [1.82, 2.24) is 4.98 Å². The number of nitrogens with zero attached hydrogens (tertiary/aromatic N) is 1. The van der Waals surface area contributed by atoms with Gasteiger partial charge >= 0.3 is 6.18 Å². The number of rotatable bonds is 3. The van der Waals surface area contributed by atoms with E-state index < -0.39 is 11.9 Å². The minimum absolute atomic E-state index is 0.392. The molecule has 18 heavy (non-hydrogen) atoms. The van der Waals surface area contributed by atoms with Crippen molar-refractivity contribution in [2.75, 3.05) is 10.2 Å². The predicted octanol–water partition coefficient (Wildman–Crippen LogP) is 4.78. The highest BCUT2D eigenvalue weighted by atomic mass is 127. The third kappa shape index (κ3) is 3.09. The predicted molar refractivity (Wildman–Crippen MR) is 76.4 cm³/mol. The number of pyridine rings is 1. The van der Waals surface area contributed by atoms with Gasteiger partial charge in [-0.25, -0.2) is 4.98 Å². The van der Waals surface area contributed by atoms with Gasteiger partial charge in [-0.15, -0.1) is 11.8 Å². The summed E-state index contributed by atoms with van der Waals surface area (Å²) in [6.07, 6.45) is -4.40. The summed E-state index contributed by atoms with van der Waals surface area (Å²) in [5, 5.41) is 0.778. The lowest BCUT2D eigenvalue weighted by molar-refractivity contribution is -0.141. The first kappa shape index (κ1) is 13.9. The molecule has 2 rings (SSSR count). The average Bonchev–Trinajstić information content (AvgIpc) is 2.34. The Balaban J connectivity index is 2.57. The van der Waals surface area contributed by atoms with E-state index >= 15 is 0 Å². The molecule has 0 spiro atoms. The molecular weight excluding hydrogens is 374 g/mol. The summed E-state index contributed by atoms with van der Waals surface area (Å²) in [6.45, 7) is 0. The second kappa shape index (κ2) is 5.64. The minimum atomic E-state index is -4.40. The van der Waals surface area contributed by atoms with Crippen molar-refractivity contribution < 1.29 is 13.2 Å². The smallest absolute Gasteiger partial charge is 0.243 e. The van der Waals surface area contributed by atoms with Gasteiger partial charge in [0.15, 0.2) is 0 Å². The first-order chi connectivity index (χ1) is 8.52. The Bertz CT molecular complexity index is 557. The number of aromatic nitrogens is 1. The van der Waals surface area contributed by atoms with Gasteiger partial charge in [-0.2, -0.15) is 13.2 Å². The van der Waals surface area contributed by atoms with Crippen LogP contribution in [0.3, 0.4) is 0 Å². The number of fused-ring (bicyclic) bond motifs is 1. The van der Waals surface area contributed by atoms with Crippen LogP contribution in [0.5, 0.6) is 0 Å². The van der Waals surface area contributed by atoms with Crippen LogP contribution in [0.25, 0.3) is 10.9 Å². The minimum Gasteiger partial charge on any atom is -0.243 e. The summed E-state index contributed by atoms with van der Waals surface area (Å²) in [4.78, 5) is 4.32. The van der Waals surface area contributed by atoms with Crippen LogP contribution < -0.4 is 0 Å². The Morgan fingerprint density at radius 1 is 1.22 bits per heavy atom. The quantitative estimate of drug-likeness (QED) is 0.430. The molecule has 0 amide bonds. The fraction of sp³-hybridized carbons (Fsp3) is 0.250. The maximum Gasteiger partial charge on any atom is 0.433 e. The van der Waals surface area contributed by atoms with Gasteiger partial charge in [0.1, 0.15) is 5.69 Å². The lowest BCUT2D eigenvalue weighted by Gasteiger charge is -2.10. The molecule has 0 bridgehead atoms. The molecule has 2 aromatic rings. The zero-order chi connectivity index (χ0) is 13.2. The molecular formula is C12H9F3INS. The molecule has 0 aliphatic carbocycles. The highest BCUT2D eigenvalue weighted by Gasteiger charge is 2.33. The van der Waals surface area contributed by atoms with Crippen molar-refractivity contribution in [3.05, 3.63) is 36.0 Å². The van der Waals surface area contributed by atoms with Crippen LogP contribution >= 0.6 is 34.4 Å². The van der Waals surface area contributed by atoms with Crippen molar-refractivity contribution in [3.63, 3.8) is 0 Å². The zero-order valence-electron chi connectivity index (χ0n) is 9.17. The van der Waals surface area contributed by atoms with E-state index in [9.17, 15) is 13.2 Å². The molecule has 0 radical (unpaired) electrons. The molecule has 6 heteroatoms. The molecule has 0 aliphatic heterocycles. The van der Waals surface area contributed by atoms with Crippen molar-refractivity contribution in [1.29, 1.82) is 0 Å². The van der Waals surface area contributed by atoms with Crippen molar-refractivity contribution in [2.45, 2.75) is 11.1 Å². The SMILES string of the molecule is FC(F)(F)c1cc(SCCI)c2ccccc2n1. The molecule has 96 valence electrons. The third-order valence-corrected chi connectivity index (χ3v) is 4.63. The molecule has 0 atom stereocenters. The maximum absolute atomic E-state index is 12.7. The average molecular weight is 383 g/mol. The number of halogens is 4. The van der Waals surface area contributed by atoms with Gasteiger partial charge in [-0.1, -0.05) is 40.8 Å². The number of alkyl halides is 4. The first-order valence-electron chi connectivity index (χ1n) is 5.18. The monoisotopic (exact) mass is 383 g/mol. The van der Waals surface area contributed by atoms with Crippen molar-refractivity contribution >= 4 is 45.3 Å². The van der Waals surface area contributed by atoms with Crippen molar-refractivity contribution in [2.24, 2.45) is 0 Å². The highest BCUT2D eigenvalue weighted by molar-refractivity contribution is 14.1. The molecule has 0 saturated heterocycles. The molecule has 1 aromatic carbocycles. The van der Waals surface area contributed by atoms with Crippen LogP contribution in [-0.4, -0.2) is 15.2 Å². The van der Waals surface area contributed by atoms with E-state index in [1.165, 1.54) is 11.8 Å². The Labute approximate surface area is 120 Å². The number of benzene rings is 1. The summed E-state index contributed by atoms with van der Waals surface area (Å²) >= 11 is 3.64. The number of hydrogen-bond acceptors (Lipinski definition) is 2. The van der Waals surface area contributed by atoms with Crippen LogP contribution in [0.1, 0.15) is 5.69 Å². The lowest BCUT2D eigenvalue weighted by Crippen LogP contribution is -2.08. The van der Waals surface area contributed by atoms with E-state index in [2.05, 4.69) is 27.6 Å². The van der Waals surface area contributed by atoms with E-state index in [4.69, 9.17) is 0 Å². The van der Waals surface area contributed by atoms with Crippen LogP contribution in [0.15, 0.2) is 35.2 Å². The molecule has 0 unspecified atom stereocenters. The van der Waals surface area contributed by atoms with Gasteiger partial charge in [0.05, 0.1) is 5.52 Å². The van der Waals surface area contributed by atoms with E-state index in [1.54, 1.807) is 18.2 Å². The van der Waals surface area contributed by atoms with E-state index in [0.29, 0.717) is 10.4 Å². The summed E-state index contributed by atoms with van der Waals surface area (Å²) in [7, 11) is 0. The highest BCUT2D eigenvalue weighted by Crippen LogP contribution is 2.34. The molecule has 1 nitrogen and oxygen atoms in total. The molecule has 0 aliphatic rings. The summed E-state index contributed by atoms with van der Waals surface area (Å²) in [5.74, 6) is 0.784. The molecule has 1 aromatic heterocycles. The van der Waals surface area contributed by atoms with Crippen molar-refractivity contribution in [3.8, 4) is 0 Å². The molecule has 0 N–H and O–H groups in total. The normalized spacial score (nSPS) is 12.0. The first-order valence-corrected chi connectivity index (χ1v) is 7.69. The zero-order valence-corrected chi connectivity index (χ0v) is 12.1. The second-order valence-corrected chi connectivity index (χ2v) is 5.77. The van der Waals surface area contributed by atoms with Gasteiger partial charge in [0, 0.05) is 20.5 Å². The van der Waals surface area contributed by atoms with Crippen LogP contribution in [0.2, 0.25) is 0 Å². The molecule has 1 heterocycles. The van der Waals surface area contributed by atoms with Gasteiger partial charge < -0.3 is 0 Å². The Morgan fingerprint density at radius 2 is 1.94 bits per heavy atom. The maximum atomic E-state index is 12.7. The van der Waals surface area contributed by atoms with Gasteiger partial charge in [-0.3, -0.25) is 0 Å². The van der Waals surface area contributed by atoms with Gasteiger partial charge in [-0.05, 0) is 12.1 Å².